The summed E-state index contributed by atoms with van der Waals surface area (Å²) in [5.41, 5.74) is 3.14. The predicted octanol–water partition coefficient (Wildman–Crippen LogP) is 4.51. The first-order chi connectivity index (χ1) is 8.15. The van der Waals surface area contributed by atoms with Crippen molar-refractivity contribution >= 4 is 21.6 Å². The zero-order valence-electron chi connectivity index (χ0n) is 9.50. The Kier molecular flexibility index (Phi) is 3.79. The lowest BCUT2D eigenvalue weighted by Crippen LogP contribution is -2.00. The maximum atomic E-state index is 13.0. The van der Waals surface area contributed by atoms with Crippen LogP contribution in [0.2, 0.25) is 0 Å². The number of anilines is 1. The Morgan fingerprint density at radius 1 is 1.18 bits per heavy atom. The van der Waals surface area contributed by atoms with E-state index in [2.05, 4.69) is 27.3 Å². The minimum Gasteiger partial charge on any atom is -0.380 e. The summed E-state index contributed by atoms with van der Waals surface area (Å²) in [6.07, 6.45) is 0. The maximum Gasteiger partial charge on any atom is 0.123 e. The fraction of sp³-hybridized carbons (Fsp3) is 0.143. The van der Waals surface area contributed by atoms with Gasteiger partial charge >= 0.3 is 0 Å². The third-order valence-electron chi connectivity index (χ3n) is 2.49. The van der Waals surface area contributed by atoms with Gasteiger partial charge in [0, 0.05) is 16.7 Å². The van der Waals surface area contributed by atoms with E-state index in [4.69, 9.17) is 0 Å². The fourth-order valence-electron chi connectivity index (χ4n) is 1.62. The minimum atomic E-state index is -0.201. The predicted molar refractivity (Wildman–Crippen MR) is 72.6 cm³/mol. The second-order valence-corrected chi connectivity index (χ2v) is 4.82. The van der Waals surface area contributed by atoms with Gasteiger partial charge in [-0.3, -0.25) is 0 Å². The number of benzene rings is 2. The second-order valence-electron chi connectivity index (χ2n) is 3.97. The van der Waals surface area contributed by atoms with Crippen molar-refractivity contribution in [1.82, 2.24) is 0 Å². The molecule has 0 bridgehead atoms. The standard InChI is InChI=1S/C14H13BrFN/c1-10-5-6-13(15)14(7-10)17-9-11-3-2-4-12(16)8-11/h2-8,17H,9H2,1H3. The lowest BCUT2D eigenvalue weighted by Gasteiger charge is -2.09. The molecular formula is C14H13BrFN. The first-order valence-electron chi connectivity index (χ1n) is 5.39. The molecule has 0 amide bonds. The Labute approximate surface area is 109 Å². The van der Waals surface area contributed by atoms with Crippen molar-refractivity contribution in [3.63, 3.8) is 0 Å². The van der Waals surface area contributed by atoms with E-state index in [1.54, 1.807) is 6.07 Å². The number of hydrogen-bond donors (Lipinski definition) is 1. The molecule has 0 aromatic heterocycles. The Hall–Kier alpha value is -1.35. The minimum absolute atomic E-state index is 0.201. The summed E-state index contributed by atoms with van der Waals surface area (Å²) in [7, 11) is 0. The van der Waals surface area contributed by atoms with Gasteiger partial charge < -0.3 is 5.32 Å². The van der Waals surface area contributed by atoms with E-state index in [-0.39, 0.29) is 5.82 Å². The van der Waals surface area contributed by atoms with E-state index in [1.807, 2.05) is 25.1 Å². The molecule has 0 radical (unpaired) electrons. The highest BCUT2D eigenvalue weighted by Gasteiger charge is 2.00. The average molecular weight is 294 g/mol. The monoisotopic (exact) mass is 293 g/mol. The van der Waals surface area contributed by atoms with Crippen molar-refractivity contribution in [1.29, 1.82) is 0 Å². The van der Waals surface area contributed by atoms with Crippen molar-refractivity contribution in [3.8, 4) is 0 Å². The lowest BCUT2D eigenvalue weighted by molar-refractivity contribution is 0.626. The first-order valence-corrected chi connectivity index (χ1v) is 6.19. The van der Waals surface area contributed by atoms with Crippen LogP contribution in [0.1, 0.15) is 11.1 Å². The quantitative estimate of drug-likeness (QED) is 0.878. The Morgan fingerprint density at radius 2 is 2.00 bits per heavy atom. The van der Waals surface area contributed by atoms with E-state index < -0.39 is 0 Å². The molecule has 1 nitrogen and oxygen atoms in total. The van der Waals surface area contributed by atoms with Crippen LogP contribution < -0.4 is 5.32 Å². The highest BCUT2D eigenvalue weighted by atomic mass is 79.9. The Bertz CT molecular complexity index is 525. The van der Waals surface area contributed by atoms with Crippen LogP contribution in [-0.4, -0.2) is 0 Å². The van der Waals surface area contributed by atoms with E-state index in [9.17, 15) is 4.39 Å². The van der Waals surface area contributed by atoms with Crippen molar-refractivity contribution in [2.75, 3.05) is 5.32 Å². The van der Waals surface area contributed by atoms with Gasteiger partial charge in [-0.05, 0) is 58.2 Å². The van der Waals surface area contributed by atoms with Crippen LogP contribution in [0.15, 0.2) is 46.9 Å². The topological polar surface area (TPSA) is 12.0 Å². The van der Waals surface area contributed by atoms with E-state index in [0.29, 0.717) is 6.54 Å². The molecule has 0 aliphatic carbocycles. The van der Waals surface area contributed by atoms with E-state index >= 15 is 0 Å². The van der Waals surface area contributed by atoms with Crippen molar-refractivity contribution in [2.24, 2.45) is 0 Å². The molecule has 0 saturated heterocycles. The smallest absolute Gasteiger partial charge is 0.123 e. The third kappa shape index (κ3) is 3.30. The van der Waals surface area contributed by atoms with Gasteiger partial charge in [-0.1, -0.05) is 18.2 Å². The molecule has 0 fully saturated rings. The number of aryl methyl sites for hydroxylation is 1. The summed E-state index contributed by atoms with van der Waals surface area (Å²) in [5, 5.41) is 3.28. The zero-order valence-corrected chi connectivity index (χ0v) is 11.1. The molecule has 0 saturated carbocycles. The molecule has 0 atom stereocenters. The van der Waals surface area contributed by atoms with Gasteiger partial charge in [0.2, 0.25) is 0 Å². The molecule has 17 heavy (non-hydrogen) atoms. The summed E-state index contributed by atoms with van der Waals surface area (Å²) in [5.74, 6) is -0.201. The largest absolute Gasteiger partial charge is 0.380 e. The molecule has 2 aromatic rings. The summed E-state index contributed by atoms with van der Waals surface area (Å²) >= 11 is 3.48. The number of halogens is 2. The van der Waals surface area contributed by atoms with Crippen molar-refractivity contribution in [3.05, 3.63) is 63.9 Å². The second kappa shape index (κ2) is 5.32. The Morgan fingerprint density at radius 3 is 2.76 bits per heavy atom. The maximum absolute atomic E-state index is 13.0. The summed E-state index contributed by atoms with van der Waals surface area (Å²) in [6.45, 7) is 2.65. The van der Waals surface area contributed by atoms with Gasteiger partial charge in [-0.25, -0.2) is 4.39 Å². The highest BCUT2D eigenvalue weighted by molar-refractivity contribution is 9.10. The van der Waals surface area contributed by atoms with Gasteiger partial charge in [-0.2, -0.15) is 0 Å². The van der Waals surface area contributed by atoms with Crippen LogP contribution >= 0.6 is 15.9 Å². The van der Waals surface area contributed by atoms with Gasteiger partial charge in [-0.15, -0.1) is 0 Å². The lowest BCUT2D eigenvalue weighted by atomic mass is 10.2. The summed E-state index contributed by atoms with van der Waals surface area (Å²) in [4.78, 5) is 0. The van der Waals surface area contributed by atoms with Crippen LogP contribution in [0.4, 0.5) is 10.1 Å². The first kappa shape index (κ1) is 12.1. The molecule has 0 unspecified atom stereocenters. The van der Waals surface area contributed by atoms with Crippen molar-refractivity contribution in [2.45, 2.75) is 13.5 Å². The zero-order chi connectivity index (χ0) is 12.3. The molecule has 3 heteroatoms. The summed E-state index contributed by atoms with van der Waals surface area (Å²) in [6, 6.07) is 12.7. The van der Waals surface area contributed by atoms with E-state index in [1.165, 1.54) is 17.7 Å². The average Bonchev–Trinajstić information content (AvgIpc) is 2.30. The molecule has 2 rings (SSSR count). The highest BCUT2D eigenvalue weighted by Crippen LogP contribution is 2.23. The number of rotatable bonds is 3. The SMILES string of the molecule is Cc1ccc(Br)c(NCc2cccc(F)c2)c1. The summed E-state index contributed by atoms with van der Waals surface area (Å²) < 4.78 is 14.0. The normalized spacial score (nSPS) is 10.3. The molecule has 0 aliphatic rings. The Balaban J connectivity index is 2.09. The van der Waals surface area contributed by atoms with Crippen LogP contribution in [0.25, 0.3) is 0 Å². The van der Waals surface area contributed by atoms with Gasteiger partial charge in [0.1, 0.15) is 5.82 Å². The molecule has 2 aromatic carbocycles. The van der Waals surface area contributed by atoms with Crippen LogP contribution in [-0.2, 0) is 6.54 Å². The number of nitrogens with one attached hydrogen (secondary N) is 1. The molecule has 0 heterocycles. The van der Waals surface area contributed by atoms with Gasteiger partial charge in [0.05, 0.1) is 0 Å². The van der Waals surface area contributed by atoms with Crippen LogP contribution in [0, 0.1) is 12.7 Å². The molecule has 0 aliphatic heterocycles. The molecule has 1 N–H and O–H groups in total. The van der Waals surface area contributed by atoms with Gasteiger partial charge in [0.15, 0.2) is 0 Å². The number of hydrogen-bond acceptors (Lipinski definition) is 1. The van der Waals surface area contributed by atoms with Gasteiger partial charge in [0.25, 0.3) is 0 Å². The molecule has 88 valence electrons. The van der Waals surface area contributed by atoms with Crippen LogP contribution in [0.3, 0.4) is 0 Å². The molecule has 0 spiro atoms. The third-order valence-corrected chi connectivity index (χ3v) is 3.19. The van der Waals surface area contributed by atoms with Crippen molar-refractivity contribution < 1.29 is 4.39 Å². The fourth-order valence-corrected chi connectivity index (χ4v) is 2.01. The molecular weight excluding hydrogens is 281 g/mol. The van der Waals surface area contributed by atoms with Crippen LogP contribution in [0.5, 0.6) is 0 Å². The van der Waals surface area contributed by atoms with E-state index in [0.717, 1.165) is 15.7 Å².